The summed E-state index contributed by atoms with van der Waals surface area (Å²) >= 11 is 0. The maximum Gasteiger partial charge on any atom is 0.0810 e. The minimum Gasteiger partial charge on any atom is -0.247 e. The Morgan fingerprint density at radius 2 is 0.767 bits per heavy atom. The van der Waals surface area contributed by atoms with Gasteiger partial charge in [-0.05, 0) is 12.1 Å². The normalized spacial score (nSPS) is 11.3. The van der Waals surface area contributed by atoms with Gasteiger partial charge >= 0.3 is 0 Å². The van der Waals surface area contributed by atoms with Gasteiger partial charge in [-0.2, -0.15) is 0 Å². The molecule has 0 aliphatic rings. The Kier molecular flexibility index (Phi) is 3.82. The third-order valence-electron chi connectivity index (χ3n) is 5.63. The highest BCUT2D eigenvalue weighted by atomic mass is 14.7. The molecule has 0 amide bonds. The fraction of sp³-hybridized carbons (Fsp3) is 0. The maximum absolute atomic E-state index is 5.13. The first-order chi connectivity index (χ1) is 14.9. The van der Waals surface area contributed by atoms with Crippen molar-refractivity contribution in [2.24, 2.45) is 0 Å². The monoisotopic (exact) mass is 382 g/mol. The van der Waals surface area contributed by atoms with Gasteiger partial charge in [0.2, 0.25) is 0 Å². The van der Waals surface area contributed by atoms with E-state index in [-0.39, 0.29) is 0 Å². The lowest BCUT2D eigenvalue weighted by Crippen LogP contribution is -1.96. The van der Waals surface area contributed by atoms with Crippen LogP contribution < -0.4 is 0 Å². The third kappa shape index (κ3) is 2.58. The molecule has 0 saturated heterocycles. The topological polar surface area (TPSA) is 25.8 Å². The third-order valence-corrected chi connectivity index (χ3v) is 5.63. The molecule has 2 heterocycles. The number of nitrogens with zero attached hydrogens (tertiary/aromatic N) is 2. The van der Waals surface area contributed by atoms with Crippen molar-refractivity contribution in [3.8, 4) is 22.5 Å². The van der Waals surface area contributed by atoms with E-state index in [0.717, 1.165) is 49.7 Å². The zero-order chi connectivity index (χ0) is 19.9. The van der Waals surface area contributed by atoms with Crippen molar-refractivity contribution in [2.75, 3.05) is 0 Å². The molecular weight excluding hydrogens is 364 g/mol. The van der Waals surface area contributed by atoms with Gasteiger partial charge in [0, 0.05) is 32.7 Å². The molecule has 0 spiro atoms. The Bertz CT molecular complexity index is 1410. The van der Waals surface area contributed by atoms with Gasteiger partial charge in [-0.1, -0.05) is 97.1 Å². The molecule has 2 nitrogen and oxygen atoms in total. The summed E-state index contributed by atoms with van der Waals surface area (Å²) in [5.41, 5.74) is 6.14. The largest absolute Gasteiger partial charge is 0.247 e. The Hall–Kier alpha value is -4.04. The highest BCUT2D eigenvalue weighted by Crippen LogP contribution is 2.41. The smallest absolute Gasteiger partial charge is 0.0810 e. The first-order valence-corrected chi connectivity index (χ1v) is 10.1. The lowest BCUT2D eigenvalue weighted by Gasteiger charge is -2.16. The molecule has 0 aliphatic heterocycles. The molecule has 0 saturated carbocycles. The molecule has 0 bridgehead atoms. The van der Waals surface area contributed by atoms with Crippen molar-refractivity contribution < 1.29 is 0 Å². The van der Waals surface area contributed by atoms with Crippen LogP contribution >= 0.6 is 0 Å². The van der Waals surface area contributed by atoms with Crippen molar-refractivity contribution in [1.29, 1.82) is 0 Å². The number of aromatic nitrogens is 2. The predicted octanol–water partition coefficient (Wildman–Crippen LogP) is 7.27. The summed E-state index contributed by atoms with van der Waals surface area (Å²) < 4.78 is 0. The summed E-state index contributed by atoms with van der Waals surface area (Å²) in [4.78, 5) is 10.3. The van der Waals surface area contributed by atoms with Crippen LogP contribution in [-0.2, 0) is 0 Å². The van der Waals surface area contributed by atoms with Crippen molar-refractivity contribution in [1.82, 2.24) is 9.97 Å². The second-order valence-corrected chi connectivity index (χ2v) is 7.44. The standard InChI is InChI=1S/C28H18N2/c1-3-11-19(12-4-1)27-26-25(21-15-7-9-17-23(21)29-27)22-16-8-10-18-24(22)30-28(26)20-13-5-2-6-14-20/h1-18H. The average Bonchev–Trinajstić information content (AvgIpc) is 2.84. The van der Waals surface area contributed by atoms with Crippen LogP contribution in [0.25, 0.3) is 55.1 Å². The van der Waals surface area contributed by atoms with Crippen LogP contribution in [0, 0.1) is 0 Å². The molecule has 0 radical (unpaired) electrons. The highest BCUT2D eigenvalue weighted by Gasteiger charge is 2.18. The predicted molar refractivity (Wildman–Crippen MR) is 125 cm³/mol. The number of hydrogen-bond acceptors (Lipinski definition) is 2. The molecule has 30 heavy (non-hydrogen) atoms. The van der Waals surface area contributed by atoms with Crippen molar-refractivity contribution in [3.05, 3.63) is 109 Å². The van der Waals surface area contributed by atoms with Crippen LogP contribution in [0.2, 0.25) is 0 Å². The van der Waals surface area contributed by atoms with E-state index in [1.807, 2.05) is 12.1 Å². The molecule has 0 N–H and O–H groups in total. The van der Waals surface area contributed by atoms with E-state index in [9.17, 15) is 0 Å². The lowest BCUT2D eigenvalue weighted by atomic mass is 9.93. The number of hydrogen-bond donors (Lipinski definition) is 0. The summed E-state index contributed by atoms with van der Waals surface area (Å²) in [6, 6.07) is 37.6. The van der Waals surface area contributed by atoms with Crippen molar-refractivity contribution in [3.63, 3.8) is 0 Å². The van der Waals surface area contributed by atoms with Crippen LogP contribution in [0.3, 0.4) is 0 Å². The van der Waals surface area contributed by atoms with E-state index in [0.29, 0.717) is 0 Å². The molecule has 0 aliphatic carbocycles. The fourth-order valence-electron chi connectivity index (χ4n) is 4.29. The van der Waals surface area contributed by atoms with E-state index < -0.39 is 0 Å². The maximum atomic E-state index is 5.13. The molecule has 2 heteroatoms. The molecule has 6 aromatic rings. The van der Waals surface area contributed by atoms with Crippen LogP contribution in [0.15, 0.2) is 109 Å². The van der Waals surface area contributed by atoms with E-state index in [2.05, 4.69) is 97.1 Å². The van der Waals surface area contributed by atoms with Crippen LogP contribution in [-0.4, -0.2) is 9.97 Å². The number of benzene rings is 4. The molecule has 140 valence electrons. The summed E-state index contributed by atoms with van der Waals surface area (Å²) in [7, 11) is 0. The van der Waals surface area contributed by atoms with Crippen molar-refractivity contribution >= 4 is 32.6 Å². The quantitative estimate of drug-likeness (QED) is 0.294. The molecule has 0 unspecified atom stereocenters. The average molecular weight is 382 g/mol. The van der Waals surface area contributed by atoms with Gasteiger partial charge in [-0.15, -0.1) is 0 Å². The van der Waals surface area contributed by atoms with Crippen molar-refractivity contribution in [2.45, 2.75) is 0 Å². The molecule has 0 atom stereocenters. The zero-order valence-electron chi connectivity index (χ0n) is 16.3. The highest BCUT2D eigenvalue weighted by molar-refractivity contribution is 6.24. The first kappa shape index (κ1) is 16.9. The number of para-hydroxylation sites is 2. The Labute approximate surface area is 174 Å². The summed E-state index contributed by atoms with van der Waals surface area (Å²) in [5, 5.41) is 4.62. The molecular formula is C28H18N2. The first-order valence-electron chi connectivity index (χ1n) is 10.1. The second-order valence-electron chi connectivity index (χ2n) is 7.44. The number of rotatable bonds is 2. The summed E-state index contributed by atoms with van der Waals surface area (Å²) in [5.74, 6) is 0. The van der Waals surface area contributed by atoms with Gasteiger partial charge in [0.25, 0.3) is 0 Å². The minimum atomic E-state index is 0.974. The van der Waals surface area contributed by atoms with Crippen LogP contribution in [0.4, 0.5) is 0 Å². The van der Waals surface area contributed by atoms with E-state index in [1.54, 1.807) is 0 Å². The number of fused-ring (bicyclic) bond motifs is 5. The van der Waals surface area contributed by atoms with E-state index in [1.165, 1.54) is 5.39 Å². The van der Waals surface area contributed by atoms with Gasteiger partial charge in [-0.25, -0.2) is 9.97 Å². The minimum absolute atomic E-state index is 0.974. The van der Waals surface area contributed by atoms with E-state index in [4.69, 9.17) is 9.97 Å². The lowest BCUT2D eigenvalue weighted by molar-refractivity contribution is 1.39. The van der Waals surface area contributed by atoms with Gasteiger partial charge in [0.05, 0.1) is 22.4 Å². The van der Waals surface area contributed by atoms with Crippen LogP contribution in [0.5, 0.6) is 0 Å². The SMILES string of the molecule is c1ccc(-c2nc3ccccc3c3c2c(-c2ccccc2)nc2ccccc23)cc1. The second kappa shape index (κ2) is 6.78. The number of pyridine rings is 2. The van der Waals surface area contributed by atoms with Gasteiger partial charge in [-0.3, -0.25) is 0 Å². The Morgan fingerprint density at radius 1 is 0.367 bits per heavy atom. The Morgan fingerprint density at radius 3 is 1.23 bits per heavy atom. The van der Waals surface area contributed by atoms with Gasteiger partial charge < -0.3 is 0 Å². The molecule has 6 rings (SSSR count). The van der Waals surface area contributed by atoms with Gasteiger partial charge in [0.15, 0.2) is 0 Å². The molecule has 4 aromatic carbocycles. The van der Waals surface area contributed by atoms with Crippen LogP contribution in [0.1, 0.15) is 0 Å². The summed E-state index contributed by atoms with van der Waals surface area (Å²) in [6.07, 6.45) is 0. The van der Waals surface area contributed by atoms with Gasteiger partial charge in [0.1, 0.15) is 0 Å². The van der Waals surface area contributed by atoms with E-state index >= 15 is 0 Å². The summed E-state index contributed by atoms with van der Waals surface area (Å²) in [6.45, 7) is 0. The molecule has 0 fully saturated rings. The fourth-order valence-corrected chi connectivity index (χ4v) is 4.29. The molecule has 2 aromatic heterocycles. The Balaban J connectivity index is 1.92. The zero-order valence-corrected chi connectivity index (χ0v) is 16.3.